The molecular formula is C15H16N6O3S. The molecule has 10 heteroatoms. The molecule has 3 aromatic heterocycles. The van der Waals surface area contributed by atoms with Crippen LogP contribution in [0.5, 0.6) is 0 Å². The molecule has 1 aliphatic rings. The van der Waals surface area contributed by atoms with Gasteiger partial charge in [0.2, 0.25) is 0 Å². The van der Waals surface area contributed by atoms with Gasteiger partial charge in [0.25, 0.3) is 5.91 Å². The summed E-state index contributed by atoms with van der Waals surface area (Å²) < 4.78 is 3.39. The number of thiazole rings is 1. The number of hydrogen-bond acceptors (Lipinski definition) is 6. The molecule has 1 saturated heterocycles. The Labute approximate surface area is 146 Å². The van der Waals surface area contributed by atoms with Gasteiger partial charge in [0.05, 0.1) is 6.20 Å². The Balaban J connectivity index is 1.43. The number of aromatic nitrogens is 5. The molecule has 1 fully saturated rings. The highest BCUT2D eigenvalue weighted by Crippen LogP contribution is 2.21. The van der Waals surface area contributed by atoms with Crippen molar-refractivity contribution in [3.8, 4) is 0 Å². The number of carboxylic acids is 1. The summed E-state index contributed by atoms with van der Waals surface area (Å²) in [6, 6.07) is 0. The van der Waals surface area contributed by atoms with Crippen LogP contribution in [0, 0.1) is 5.92 Å². The number of likely N-dealkylation sites (tertiary alicyclic amines) is 1. The summed E-state index contributed by atoms with van der Waals surface area (Å²) >= 11 is 1.49. The first-order valence-electron chi connectivity index (χ1n) is 7.95. The van der Waals surface area contributed by atoms with Crippen LogP contribution >= 0.6 is 11.3 Å². The van der Waals surface area contributed by atoms with E-state index in [0.717, 1.165) is 17.8 Å². The molecule has 130 valence electrons. The van der Waals surface area contributed by atoms with Gasteiger partial charge in [-0.2, -0.15) is 0 Å². The van der Waals surface area contributed by atoms with E-state index in [1.165, 1.54) is 22.2 Å². The predicted octanol–water partition coefficient (Wildman–Crippen LogP) is 1.24. The molecule has 25 heavy (non-hydrogen) atoms. The van der Waals surface area contributed by atoms with Gasteiger partial charge >= 0.3 is 5.97 Å². The van der Waals surface area contributed by atoms with Crippen molar-refractivity contribution in [3.05, 3.63) is 35.4 Å². The zero-order valence-corrected chi connectivity index (χ0v) is 14.1. The first-order chi connectivity index (χ1) is 12.1. The second-order valence-electron chi connectivity index (χ2n) is 6.11. The molecular weight excluding hydrogens is 344 g/mol. The van der Waals surface area contributed by atoms with Crippen molar-refractivity contribution in [3.63, 3.8) is 0 Å². The van der Waals surface area contributed by atoms with Crippen LogP contribution in [0.2, 0.25) is 0 Å². The molecule has 4 rings (SSSR count). The van der Waals surface area contributed by atoms with Crippen LogP contribution in [-0.2, 0) is 6.54 Å². The highest BCUT2D eigenvalue weighted by atomic mass is 32.1. The number of carboxylic acid groups (broad SMARTS) is 1. The van der Waals surface area contributed by atoms with Crippen LogP contribution < -0.4 is 0 Å². The summed E-state index contributed by atoms with van der Waals surface area (Å²) in [6.07, 6.45) is 6.93. The van der Waals surface area contributed by atoms with Crippen molar-refractivity contribution in [1.29, 1.82) is 0 Å². The first-order valence-corrected chi connectivity index (χ1v) is 8.83. The maximum absolute atomic E-state index is 12.7. The maximum atomic E-state index is 12.7. The van der Waals surface area contributed by atoms with Crippen molar-refractivity contribution in [2.45, 2.75) is 19.4 Å². The van der Waals surface area contributed by atoms with Crippen LogP contribution in [0.1, 0.15) is 33.8 Å². The third-order valence-corrected chi connectivity index (χ3v) is 5.09. The SMILES string of the molecule is O=C(O)c1cn(C[C@H]2CCCN(C(=O)c3cn4ccsc4n3)C2)nn1. The number of piperidine rings is 1. The highest BCUT2D eigenvalue weighted by Gasteiger charge is 2.26. The molecule has 1 amide bonds. The lowest BCUT2D eigenvalue weighted by Crippen LogP contribution is -2.41. The Hall–Kier alpha value is -2.75. The minimum atomic E-state index is -1.09. The fourth-order valence-electron chi connectivity index (χ4n) is 3.14. The summed E-state index contributed by atoms with van der Waals surface area (Å²) in [5.41, 5.74) is 0.392. The number of nitrogens with zero attached hydrogens (tertiary/aromatic N) is 6. The van der Waals surface area contributed by atoms with Gasteiger partial charge in [0, 0.05) is 37.4 Å². The molecule has 0 unspecified atom stereocenters. The molecule has 0 aromatic carbocycles. The van der Waals surface area contributed by atoms with E-state index in [4.69, 9.17) is 5.11 Å². The minimum absolute atomic E-state index is 0.0644. The number of carbonyl (C=O) groups is 2. The molecule has 0 bridgehead atoms. The van der Waals surface area contributed by atoms with Gasteiger partial charge in [-0.25, -0.2) is 9.78 Å². The van der Waals surface area contributed by atoms with E-state index in [-0.39, 0.29) is 17.5 Å². The van der Waals surface area contributed by atoms with Gasteiger partial charge in [-0.3, -0.25) is 13.9 Å². The van der Waals surface area contributed by atoms with Crippen molar-refractivity contribution >= 4 is 28.2 Å². The molecule has 1 atom stereocenters. The number of rotatable bonds is 4. The number of hydrogen-bond donors (Lipinski definition) is 1. The third-order valence-electron chi connectivity index (χ3n) is 4.32. The summed E-state index contributed by atoms with van der Waals surface area (Å²) in [6.45, 7) is 1.85. The summed E-state index contributed by atoms with van der Waals surface area (Å²) in [5, 5.41) is 18.3. The second-order valence-corrected chi connectivity index (χ2v) is 6.98. The normalized spacial score (nSPS) is 17.9. The van der Waals surface area contributed by atoms with E-state index in [1.54, 1.807) is 6.20 Å². The van der Waals surface area contributed by atoms with E-state index in [2.05, 4.69) is 15.3 Å². The second kappa shape index (κ2) is 6.28. The molecule has 0 spiro atoms. The maximum Gasteiger partial charge on any atom is 0.358 e. The topological polar surface area (TPSA) is 106 Å². The number of aromatic carboxylic acids is 1. The third kappa shape index (κ3) is 3.12. The molecule has 0 radical (unpaired) electrons. The Kier molecular flexibility index (Phi) is 3.96. The number of fused-ring (bicyclic) bond motifs is 1. The number of carbonyl (C=O) groups excluding carboxylic acids is 1. The van der Waals surface area contributed by atoms with Crippen molar-refractivity contribution in [2.75, 3.05) is 13.1 Å². The van der Waals surface area contributed by atoms with Crippen molar-refractivity contribution in [1.82, 2.24) is 29.3 Å². The molecule has 1 aliphatic heterocycles. The average molecular weight is 360 g/mol. The molecule has 0 saturated carbocycles. The van der Waals surface area contributed by atoms with E-state index < -0.39 is 5.97 Å². The van der Waals surface area contributed by atoms with Gasteiger partial charge in [-0.15, -0.1) is 16.4 Å². The average Bonchev–Trinajstić information content (AvgIpc) is 3.29. The zero-order valence-electron chi connectivity index (χ0n) is 13.3. The minimum Gasteiger partial charge on any atom is -0.476 e. The summed E-state index contributed by atoms with van der Waals surface area (Å²) in [5.74, 6) is -0.943. The smallest absolute Gasteiger partial charge is 0.358 e. The predicted molar refractivity (Wildman–Crippen MR) is 88.7 cm³/mol. The lowest BCUT2D eigenvalue weighted by molar-refractivity contribution is 0.0653. The van der Waals surface area contributed by atoms with Crippen LogP contribution in [0.3, 0.4) is 0 Å². The molecule has 1 N–H and O–H groups in total. The van der Waals surface area contributed by atoms with Crippen molar-refractivity contribution < 1.29 is 14.7 Å². The highest BCUT2D eigenvalue weighted by molar-refractivity contribution is 7.15. The first kappa shape index (κ1) is 15.8. The zero-order chi connectivity index (χ0) is 17.4. The van der Waals surface area contributed by atoms with E-state index in [1.807, 2.05) is 20.9 Å². The Bertz CT molecular complexity index is 900. The van der Waals surface area contributed by atoms with Crippen LogP contribution in [-0.4, -0.2) is 59.4 Å². The lowest BCUT2D eigenvalue weighted by Gasteiger charge is -2.32. The van der Waals surface area contributed by atoms with Crippen LogP contribution in [0.4, 0.5) is 0 Å². The molecule has 0 aliphatic carbocycles. The monoisotopic (exact) mass is 360 g/mol. The quantitative estimate of drug-likeness (QED) is 0.750. The Morgan fingerprint density at radius 2 is 2.20 bits per heavy atom. The summed E-state index contributed by atoms with van der Waals surface area (Å²) in [7, 11) is 0. The van der Waals surface area contributed by atoms with Gasteiger partial charge in [0.15, 0.2) is 10.7 Å². The largest absolute Gasteiger partial charge is 0.476 e. The fourth-order valence-corrected chi connectivity index (χ4v) is 3.84. The van der Waals surface area contributed by atoms with Crippen LogP contribution in [0.25, 0.3) is 4.96 Å². The Morgan fingerprint density at radius 1 is 1.32 bits per heavy atom. The molecule has 9 nitrogen and oxygen atoms in total. The van der Waals surface area contributed by atoms with Crippen LogP contribution in [0.15, 0.2) is 24.0 Å². The van der Waals surface area contributed by atoms with E-state index in [9.17, 15) is 9.59 Å². The van der Waals surface area contributed by atoms with Crippen molar-refractivity contribution in [2.24, 2.45) is 5.92 Å². The van der Waals surface area contributed by atoms with Gasteiger partial charge in [-0.05, 0) is 18.8 Å². The van der Waals surface area contributed by atoms with Gasteiger partial charge < -0.3 is 10.0 Å². The van der Waals surface area contributed by atoms with E-state index in [0.29, 0.717) is 25.3 Å². The van der Waals surface area contributed by atoms with Gasteiger partial charge in [-0.1, -0.05) is 5.21 Å². The summed E-state index contributed by atoms with van der Waals surface area (Å²) in [4.78, 5) is 30.6. The molecule has 4 heterocycles. The fraction of sp³-hybridized carbons (Fsp3) is 0.400. The van der Waals surface area contributed by atoms with Gasteiger partial charge in [0.1, 0.15) is 5.69 Å². The Morgan fingerprint density at radius 3 is 2.96 bits per heavy atom. The standard InChI is InChI=1S/C15H16N6O3S/c22-13(11-8-20-4-5-25-15(20)16-11)19-3-1-2-10(6-19)7-21-9-12(14(23)24)17-18-21/h4-5,8-10H,1-3,6-7H2,(H,23,24)/t10-/m0/s1. The number of imidazole rings is 1. The number of amides is 1. The van der Waals surface area contributed by atoms with E-state index >= 15 is 0 Å². The molecule has 3 aromatic rings. The lowest BCUT2D eigenvalue weighted by atomic mass is 9.98.